The molecular formula is C18H24N2O4S. The van der Waals surface area contributed by atoms with Gasteiger partial charge in [-0.2, -0.15) is 0 Å². The molecule has 0 aromatic heterocycles. The first-order valence-corrected chi connectivity index (χ1v) is 9.95. The maximum atomic E-state index is 11.3. The Morgan fingerprint density at radius 1 is 1.08 bits per heavy atom. The zero-order valence-electron chi connectivity index (χ0n) is 14.1. The number of benzene rings is 2. The molecule has 0 fully saturated rings. The van der Waals surface area contributed by atoms with Crippen LogP contribution in [0.25, 0.3) is 0 Å². The lowest BCUT2D eigenvalue weighted by atomic mass is 10.1. The number of phenolic OH excluding ortho intramolecular Hbond substituents is 1. The van der Waals surface area contributed by atoms with Gasteiger partial charge in [0.05, 0.1) is 18.0 Å². The number of nitrogens with one attached hydrogen (secondary N) is 2. The first-order valence-electron chi connectivity index (χ1n) is 8.06. The molecule has 0 saturated heterocycles. The predicted molar refractivity (Wildman–Crippen MR) is 99.3 cm³/mol. The van der Waals surface area contributed by atoms with E-state index in [4.69, 9.17) is 0 Å². The van der Waals surface area contributed by atoms with Crippen LogP contribution < -0.4 is 10.0 Å². The highest BCUT2D eigenvalue weighted by Crippen LogP contribution is 2.25. The number of hydrogen-bond acceptors (Lipinski definition) is 5. The van der Waals surface area contributed by atoms with E-state index in [0.29, 0.717) is 13.0 Å². The maximum absolute atomic E-state index is 11.3. The standard InChI is InChI=1S/C18H24N2O4S/c1-25(23,24)20-17-12-15(7-8-18(17)22)11-16(21)13-19-10-9-14-5-3-2-4-6-14/h2-8,12,16,19-22H,9-11,13H2,1H3. The Labute approximate surface area is 148 Å². The zero-order chi connectivity index (χ0) is 18.3. The van der Waals surface area contributed by atoms with Gasteiger partial charge in [0.1, 0.15) is 5.75 Å². The summed E-state index contributed by atoms with van der Waals surface area (Å²) < 4.78 is 24.9. The van der Waals surface area contributed by atoms with Crippen molar-refractivity contribution in [3.8, 4) is 5.75 Å². The highest BCUT2D eigenvalue weighted by atomic mass is 32.2. The summed E-state index contributed by atoms with van der Waals surface area (Å²) in [7, 11) is -3.47. The summed E-state index contributed by atoms with van der Waals surface area (Å²) in [6, 6.07) is 14.7. The van der Waals surface area contributed by atoms with Crippen molar-refractivity contribution in [3.63, 3.8) is 0 Å². The first kappa shape index (κ1) is 19.2. The summed E-state index contributed by atoms with van der Waals surface area (Å²) in [6.07, 6.45) is 1.66. The molecule has 0 radical (unpaired) electrons. The summed E-state index contributed by atoms with van der Waals surface area (Å²) >= 11 is 0. The number of anilines is 1. The number of aromatic hydroxyl groups is 1. The minimum Gasteiger partial charge on any atom is -0.506 e. The van der Waals surface area contributed by atoms with Gasteiger partial charge in [0, 0.05) is 6.54 Å². The third kappa shape index (κ3) is 7.13. The van der Waals surface area contributed by atoms with Crippen LogP contribution in [0.2, 0.25) is 0 Å². The molecule has 2 aromatic rings. The van der Waals surface area contributed by atoms with Crippen molar-refractivity contribution in [3.05, 3.63) is 59.7 Å². The summed E-state index contributed by atoms with van der Waals surface area (Å²) in [5, 5.41) is 23.0. The summed E-state index contributed by atoms with van der Waals surface area (Å²) in [4.78, 5) is 0. The van der Waals surface area contributed by atoms with Gasteiger partial charge < -0.3 is 15.5 Å². The van der Waals surface area contributed by atoms with Crippen molar-refractivity contribution >= 4 is 15.7 Å². The van der Waals surface area contributed by atoms with E-state index in [1.54, 1.807) is 6.07 Å². The molecule has 6 nitrogen and oxygen atoms in total. The molecule has 0 heterocycles. The lowest BCUT2D eigenvalue weighted by molar-refractivity contribution is 0.172. The molecule has 0 amide bonds. The number of aliphatic hydroxyl groups excluding tert-OH is 1. The van der Waals surface area contributed by atoms with Crippen LogP contribution in [0, 0.1) is 0 Å². The van der Waals surface area contributed by atoms with Crippen molar-refractivity contribution < 1.29 is 18.6 Å². The molecule has 0 saturated carbocycles. The molecular weight excluding hydrogens is 340 g/mol. The van der Waals surface area contributed by atoms with E-state index < -0.39 is 16.1 Å². The largest absolute Gasteiger partial charge is 0.506 e. The molecule has 2 aromatic carbocycles. The Morgan fingerprint density at radius 3 is 2.48 bits per heavy atom. The first-order chi connectivity index (χ1) is 11.8. The zero-order valence-corrected chi connectivity index (χ0v) is 15.0. The van der Waals surface area contributed by atoms with E-state index in [1.807, 2.05) is 18.2 Å². The van der Waals surface area contributed by atoms with Gasteiger partial charge in [0.2, 0.25) is 10.0 Å². The van der Waals surface area contributed by atoms with Crippen LogP contribution in [0.4, 0.5) is 5.69 Å². The SMILES string of the molecule is CS(=O)(=O)Nc1cc(CC(O)CNCCc2ccccc2)ccc1O. The van der Waals surface area contributed by atoms with Crippen LogP contribution in [-0.4, -0.2) is 44.1 Å². The van der Waals surface area contributed by atoms with E-state index in [9.17, 15) is 18.6 Å². The average molecular weight is 364 g/mol. The van der Waals surface area contributed by atoms with Gasteiger partial charge in [-0.25, -0.2) is 8.42 Å². The number of hydrogen-bond donors (Lipinski definition) is 4. The van der Waals surface area contributed by atoms with Gasteiger partial charge in [0.25, 0.3) is 0 Å². The van der Waals surface area contributed by atoms with E-state index in [1.165, 1.54) is 17.7 Å². The molecule has 4 N–H and O–H groups in total. The van der Waals surface area contributed by atoms with Crippen LogP contribution in [0.1, 0.15) is 11.1 Å². The number of sulfonamides is 1. The molecule has 25 heavy (non-hydrogen) atoms. The van der Waals surface area contributed by atoms with Crippen molar-refractivity contribution in [2.45, 2.75) is 18.9 Å². The number of phenols is 1. The number of rotatable bonds is 9. The molecule has 0 bridgehead atoms. The highest BCUT2D eigenvalue weighted by Gasteiger charge is 2.11. The minimum absolute atomic E-state index is 0.115. The van der Waals surface area contributed by atoms with Crippen LogP contribution in [0.3, 0.4) is 0 Å². The second-order valence-electron chi connectivity index (χ2n) is 6.02. The topological polar surface area (TPSA) is 98.7 Å². The second kappa shape index (κ2) is 8.84. The maximum Gasteiger partial charge on any atom is 0.229 e. The van der Waals surface area contributed by atoms with Crippen LogP contribution >= 0.6 is 0 Å². The van der Waals surface area contributed by atoms with E-state index in [2.05, 4.69) is 22.2 Å². The Balaban J connectivity index is 1.81. The molecule has 0 aliphatic heterocycles. The molecule has 2 rings (SSSR count). The molecule has 1 unspecified atom stereocenters. The van der Waals surface area contributed by atoms with Gasteiger partial charge in [-0.15, -0.1) is 0 Å². The highest BCUT2D eigenvalue weighted by molar-refractivity contribution is 7.92. The smallest absolute Gasteiger partial charge is 0.229 e. The minimum atomic E-state index is -3.47. The predicted octanol–water partition coefficient (Wildman–Crippen LogP) is 1.50. The fourth-order valence-electron chi connectivity index (χ4n) is 2.48. The number of aliphatic hydroxyl groups is 1. The Morgan fingerprint density at radius 2 is 1.80 bits per heavy atom. The van der Waals surface area contributed by atoms with Crippen molar-refractivity contribution in [1.82, 2.24) is 5.32 Å². The Kier molecular flexibility index (Phi) is 6.81. The Hall–Kier alpha value is -2.09. The quantitative estimate of drug-likeness (QED) is 0.399. The second-order valence-corrected chi connectivity index (χ2v) is 7.77. The third-order valence-corrected chi connectivity index (χ3v) is 4.23. The Bertz CT molecular complexity index is 779. The van der Waals surface area contributed by atoms with Gasteiger partial charge in [-0.1, -0.05) is 36.4 Å². The molecule has 0 spiro atoms. The average Bonchev–Trinajstić information content (AvgIpc) is 2.54. The van der Waals surface area contributed by atoms with E-state index in [0.717, 1.165) is 24.8 Å². The fraction of sp³-hybridized carbons (Fsp3) is 0.333. The lowest BCUT2D eigenvalue weighted by Crippen LogP contribution is -2.29. The molecule has 7 heteroatoms. The van der Waals surface area contributed by atoms with Gasteiger partial charge >= 0.3 is 0 Å². The summed E-state index contributed by atoms with van der Waals surface area (Å²) in [5.74, 6) is -0.148. The van der Waals surface area contributed by atoms with Crippen LogP contribution in [0.5, 0.6) is 5.75 Å². The van der Waals surface area contributed by atoms with Crippen LogP contribution in [-0.2, 0) is 22.9 Å². The molecule has 1 atom stereocenters. The van der Waals surface area contributed by atoms with Gasteiger partial charge in [-0.05, 0) is 42.6 Å². The van der Waals surface area contributed by atoms with Gasteiger partial charge in [0.15, 0.2) is 0 Å². The van der Waals surface area contributed by atoms with Crippen LogP contribution in [0.15, 0.2) is 48.5 Å². The van der Waals surface area contributed by atoms with E-state index in [-0.39, 0.29) is 11.4 Å². The molecule has 136 valence electrons. The summed E-state index contributed by atoms with van der Waals surface area (Å²) in [5.41, 5.74) is 2.09. The monoisotopic (exact) mass is 364 g/mol. The fourth-order valence-corrected chi connectivity index (χ4v) is 3.04. The molecule has 0 aliphatic carbocycles. The van der Waals surface area contributed by atoms with E-state index >= 15 is 0 Å². The van der Waals surface area contributed by atoms with Crippen molar-refractivity contribution in [2.24, 2.45) is 0 Å². The van der Waals surface area contributed by atoms with Gasteiger partial charge in [-0.3, -0.25) is 4.72 Å². The third-order valence-electron chi connectivity index (χ3n) is 3.64. The van der Waals surface area contributed by atoms with Crippen molar-refractivity contribution in [1.29, 1.82) is 0 Å². The lowest BCUT2D eigenvalue weighted by Gasteiger charge is -2.14. The molecule has 0 aliphatic rings. The van der Waals surface area contributed by atoms with Crippen molar-refractivity contribution in [2.75, 3.05) is 24.1 Å². The normalized spacial score (nSPS) is 12.7. The summed E-state index contributed by atoms with van der Waals surface area (Å²) in [6.45, 7) is 1.19.